The molecule has 0 saturated carbocycles. The van der Waals surface area contributed by atoms with Gasteiger partial charge in [0.05, 0.1) is 19.6 Å². The first-order valence-corrected chi connectivity index (χ1v) is 7.18. The summed E-state index contributed by atoms with van der Waals surface area (Å²) in [5.74, 6) is -0.515. The Balaban J connectivity index is 1.76. The highest BCUT2D eigenvalue weighted by molar-refractivity contribution is 5.79. The van der Waals surface area contributed by atoms with Gasteiger partial charge in [-0.2, -0.15) is 0 Å². The first kappa shape index (κ1) is 15.5. The Morgan fingerprint density at radius 3 is 2.76 bits per heavy atom. The van der Waals surface area contributed by atoms with Crippen molar-refractivity contribution in [1.29, 1.82) is 0 Å². The van der Waals surface area contributed by atoms with Crippen LogP contribution in [-0.4, -0.2) is 43.6 Å². The Bertz CT molecular complexity index is 474. The van der Waals surface area contributed by atoms with E-state index in [1.807, 2.05) is 30.3 Å². The third kappa shape index (κ3) is 4.56. The normalized spacial score (nSPS) is 18.3. The lowest BCUT2D eigenvalue weighted by molar-refractivity contribution is -0.150. The second-order valence-corrected chi connectivity index (χ2v) is 5.18. The van der Waals surface area contributed by atoms with Gasteiger partial charge in [0.1, 0.15) is 6.61 Å². The van der Waals surface area contributed by atoms with Crippen molar-refractivity contribution in [2.45, 2.75) is 19.4 Å². The number of rotatable bonds is 5. The minimum atomic E-state index is -0.238. The quantitative estimate of drug-likeness (QED) is 0.774. The summed E-state index contributed by atoms with van der Waals surface area (Å²) >= 11 is 0. The first-order chi connectivity index (χ1) is 10.2. The molecule has 1 aromatic carbocycles. The lowest BCUT2D eigenvalue weighted by atomic mass is 9.98. The van der Waals surface area contributed by atoms with Gasteiger partial charge in [-0.3, -0.25) is 9.59 Å². The molecule has 1 aliphatic heterocycles. The topological polar surface area (TPSA) is 55.8 Å². The summed E-state index contributed by atoms with van der Waals surface area (Å²) in [6, 6.07) is 9.73. The van der Waals surface area contributed by atoms with Crippen LogP contribution in [0.5, 0.6) is 0 Å². The van der Waals surface area contributed by atoms with E-state index in [2.05, 4.69) is 0 Å². The second-order valence-electron chi connectivity index (χ2n) is 5.18. The molecule has 0 N–H and O–H groups in total. The zero-order valence-corrected chi connectivity index (χ0v) is 12.3. The molecule has 0 bridgehead atoms. The molecule has 0 aliphatic carbocycles. The third-order valence-electron chi connectivity index (χ3n) is 3.65. The van der Waals surface area contributed by atoms with Crippen LogP contribution in [0.4, 0.5) is 0 Å². The molecule has 0 spiro atoms. The van der Waals surface area contributed by atoms with Crippen LogP contribution >= 0.6 is 0 Å². The highest BCUT2D eigenvalue weighted by Gasteiger charge is 2.28. The van der Waals surface area contributed by atoms with Gasteiger partial charge in [-0.25, -0.2) is 0 Å². The molecule has 1 atom stereocenters. The van der Waals surface area contributed by atoms with Crippen molar-refractivity contribution in [3.05, 3.63) is 35.9 Å². The van der Waals surface area contributed by atoms with E-state index < -0.39 is 0 Å². The summed E-state index contributed by atoms with van der Waals surface area (Å²) in [5, 5.41) is 0. The molecule has 5 heteroatoms. The van der Waals surface area contributed by atoms with Crippen LogP contribution in [0.2, 0.25) is 0 Å². The molecule has 5 nitrogen and oxygen atoms in total. The molecule has 1 aliphatic rings. The minimum Gasteiger partial charge on any atom is -0.469 e. The number of piperidine rings is 1. The molecule has 1 fully saturated rings. The number of nitrogens with zero attached hydrogens (tertiary/aromatic N) is 1. The zero-order chi connectivity index (χ0) is 15.1. The van der Waals surface area contributed by atoms with Gasteiger partial charge in [-0.1, -0.05) is 30.3 Å². The van der Waals surface area contributed by atoms with Crippen molar-refractivity contribution >= 4 is 11.9 Å². The molecule has 1 saturated heterocycles. The number of esters is 1. The number of carbonyl (C=O) groups is 2. The van der Waals surface area contributed by atoms with E-state index in [4.69, 9.17) is 9.47 Å². The maximum absolute atomic E-state index is 12.1. The van der Waals surface area contributed by atoms with Gasteiger partial charge in [-0.05, 0) is 18.4 Å². The van der Waals surface area contributed by atoms with E-state index in [0.717, 1.165) is 18.4 Å². The number of benzene rings is 1. The number of hydrogen-bond donors (Lipinski definition) is 0. The highest BCUT2D eigenvalue weighted by atomic mass is 16.5. The summed E-state index contributed by atoms with van der Waals surface area (Å²) in [6.07, 6.45) is 1.60. The van der Waals surface area contributed by atoms with E-state index in [1.54, 1.807) is 4.90 Å². The van der Waals surface area contributed by atoms with Gasteiger partial charge in [0.25, 0.3) is 0 Å². The van der Waals surface area contributed by atoms with Crippen molar-refractivity contribution in [2.24, 2.45) is 5.92 Å². The van der Waals surface area contributed by atoms with E-state index in [0.29, 0.717) is 19.7 Å². The number of methoxy groups -OCH3 is 1. The standard InChI is InChI=1S/C16H21NO4/c1-20-16(19)14-8-5-9-17(10-14)15(18)12-21-11-13-6-3-2-4-7-13/h2-4,6-7,14H,5,8-12H2,1H3. The van der Waals surface area contributed by atoms with Crippen molar-refractivity contribution < 1.29 is 19.1 Å². The zero-order valence-electron chi connectivity index (χ0n) is 12.3. The smallest absolute Gasteiger partial charge is 0.310 e. The maximum Gasteiger partial charge on any atom is 0.310 e. The molecule has 1 unspecified atom stereocenters. The van der Waals surface area contributed by atoms with Gasteiger partial charge in [-0.15, -0.1) is 0 Å². The Morgan fingerprint density at radius 1 is 1.29 bits per heavy atom. The van der Waals surface area contributed by atoms with Gasteiger partial charge < -0.3 is 14.4 Å². The first-order valence-electron chi connectivity index (χ1n) is 7.18. The number of carbonyl (C=O) groups excluding carboxylic acids is 2. The summed E-state index contributed by atoms with van der Waals surface area (Å²) in [7, 11) is 1.38. The average Bonchev–Trinajstić information content (AvgIpc) is 2.55. The number of amides is 1. The Labute approximate surface area is 124 Å². The third-order valence-corrected chi connectivity index (χ3v) is 3.65. The van der Waals surface area contributed by atoms with Gasteiger partial charge >= 0.3 is 5.97 Å². The predicted octanol–water partition coefficient (Wildman–Crippen LogP) is 1.61. The largest absolute Gasteiger partial charge is 0.469 e. The molecule has 0 radical (unpaired) electrons. The Morgan fingerprint density at radius 2 is 2.05 bits per heavy atom. The predicted molar refractivity (Wildman–Crippen MR) is 77.4 cm³/mol. The molecule has 1 amide bonds. The lowest BCUT2D eigenvalue weighted by Gasteiger charge is -2.31. The molecular weight excluding hydrogens is 270 g/mol. The second kappa shape index (κ2) is 7.78. The molecular formula is C16H21NO4. The van der Waals surface area contributed by atoms with Gasteiger partial charge in [0.15, 0.2) is 0 Å². The van der Waals surface area contributed by atoms with Crippen LogP contribution in [-0.2, 0) is 25.7 Å². The van der Waals surface area contributed by atoms with Crippen LogP contribution in [0.3, 0.4) is 0 Å². The SMILES string of the molecule is COC(=O)C1CCCN(C(=O)COCc2ccccc2)C1. The van der Waals surface area contributed by atoms with Crippen molar-refractivity contribution in [3.8, 4) is 0 Å². The van der Waals surface area contributed by atoms with Gasteiger partial charge in [0.2, 0.25) is 5.91 Å². The summed E-state index contributed by atoms with van der Waals surface area (Å²) < 4.78 is 10.2. The lowest BCUT2D eigenvalue weighted by Crippen LogP contribution is -2.44. The van der Waals surface area contributed by atoms with Crippen LogP contribution in [0.1, 0.15) is 18.4 Å². The van der Waals surface area contributed by atoms with E-state index in [-0.39, 0.29) is 24.4 Å². The van der Waals surface area contributed by atoms with Crippen LogP contribution in [0.25, 0.3) is 0 Å². The fraction of sp³-hybridized carbons (Fsp3) is 0.500. The van der Waals surface area contributed by atoms with E-state index in [1.165, 1.54) is 7.11 Å². The van der Waals surface area contributed by atoms with Crippen LogP contribution in [0.15, 0.2) is 30.3 Å². The molecule has 1 aromatic rings. The van der Waals surface area contributed by atoms with Crippen LogP contribution < -0.4 is 0 Å². The molecule has 114 valence electrons. The average molecular weight is 291 g/mol. The summed E-state index contributed by atoms with van der Waals surface area (Å²) in [5.41, 5.74) is 1.04. The fourth-order valence-corrected chi connectivity index (χ4v) is 2.48. The van der Waals surface area contributed by atoms with Crippen molar-refractivity contribution in [2.75, 3.05) is 26.8 Å². The Hall–Kier alpha value is -1.88. The highest BCUT2D eigenvalue weighted by Crippen LogP contribution is 2.17. The molecule has 0 aromatic heterocycles. The number of likely N-dealkylation sites (tertiary alicyclic amines) is 1. The monoisotopic (exact) mass is 291 g/mol. The molecule has 1 heterocycles. The summed E-state index contributed by atoms with van der Waals surface area (Å²) in [6.45, 7) is 1.57. The number of hydrogen-bond acceptors (Lipinski definition) is 4. The van der Waals surface area contributed by atoms with E-state index in [9.17, 15) is 9.59 Å². The molecule has 2 rings (SSSR count). The van der Waals surface area contributed by atoms with Gasteiger partial charge in [0, 0.05) is 13.1 Å². The maximum atomic E-state index is 12.1. The fourth-order valence-electron chi connectivity index (χ4n) is 2.48. The number of ether oxygens (including phenoxy) is 2. The van der Waals surface area contributed by atoms with E-state index >= 15 is 0 Å². The Kier molecular flexibility index (Phi) is 5.75. The van der Waals surface area contributed by atoms with Crippen LogP contribution in [0, 0.1) is 5.92 Å². The van der Waals surface area contributed by atoms with Crippen molar-refractivity contribution in [3.63, 3.8) is 0 Å². The molecule has 21 heavy (non-hydrogen) atoms. The minimum absolute atomic E-state index is 0.0444. The summed E-state index contributed by atoms with van der Waals surface area (Å²) in [4.78, 5) is 25.3. The van der Waals surface area contributed by atoms with Crippen molar-refractivity contribution in [1.82, 2.24) is 4.90 Å².